The fourth-order valence-electron chi connectivity index (χ4n) is 0.959. The standard InChI is InChI=1S/C7H13NO/c1-8-5-7-3-2-4-9-6-7/h3,8H,2,4-6H2,1H3. The van der Waals surface area contributed by atoms with Crippen LogP contribution >= 0.6 is 0 Å². The Morgan fingerprint density at radius 1 is 1.78 bits per heavy atom. The van der Waals surface area contributed by atoms with Crippen molar-refractivity contribution in [2.75, 3.05) is 26.8 Å². The minimum absolute atomic E-state index is 0.820. The highest BCUT2D eigenvalue weighted by Gasteiger charge is 2.00. The molecule has 0 amide bonds. The fraction of sp³-hybridized carbons (Fsp3) is 0.714. The van der Waals surface area contributed by atoms with E-state index in [1.807, 2.05) is 7.05 Å². The Kier molecular flexibility index (Phi) is 2.74. The molecular formula is C7H13NO. The molecule has 0 bridgehead atoms. The average Bonchev–Trinajstić information content (AvgIpc) is 1.91. The lowest BCUT2D eigenvalue weighted by atomic mass is 10.2. The van der Waals surface area contributed by atoms with E-state index in [4.69, 9.17) is 4.74 Å². The summed E-state index contributed by atoms with van der Waals surface area (Å²) >= 11 is 0. The van der Waals surface area contributed by atoms with Gasteiger partial charge in [0.15, 0.2) is 0 Å². The van der Waals surface area contributed by atoms with E-state index in [1.165, 1.54) is 5.57 Å². The predicted octanol–water partition coefficient (Wildman–Crippen LogP) is 0.552. The first kappa shape index (κ1) is 6.78. The molecule has 0 fully saturated rings. The summed E-state index contributed by atoms with van der Waals surface area (Å²) < 4.78 is 5.23. The summed E-state index contributed by atoms with van der Waals surface area (Å²) in [5, 5.41) is 3.09. The van der Waals surface area contributed by atoms with Crippen molar-refractivity contribution >= 4 is 0 Å². The fourth-order valence-corrected chi connectivity index (χ4v) is 0.959. The summed E-state index contributed by atoms with van der Waals surface area (Å²) in [7, 11) is 1.95. The third-order valence-corrected chi connectivity index (χ3v) is 1.39. The van der Waals surface area contributed by atoms with Gasteiger partial charge in [0.1, 0.15) is 0 Å². The zero-order valence-corrected chi connectivity index (χ0v) is 5.81. The van der Waals surface area contributed by atoms with Gasteiger partial charge in [-0.15, -0.1) is 0 Å². The molecule has 0 saturated heterocycles. The molecule has 1 aliphatic rings. The second-order valence-corrected chi connectivity index (χ2v) is 2.23. The average molecular weight is 127 g/mol. The summed E-state index contributed by atoms with van der Waals surface area (Å²) in [6.45, 7) is 2.69. The van der Waals surface area contributed by atoms with Crippen LogP contribution in [0.2, 0.25) is 0 Å². The monoisotopic (exact) mass is 127 g/mol. The van der Waals surface area contributed by atoms with E-state index >= 15 is 0 Å². The first-order valence-electron chi connectivity index (χ1n) is 3.33. The van der Waals surface area contributed by atoms with Gasteiger partial charge in [0.25, 0.3) is 0 Å². The third kappa shape index (κ3) is 2.16. The van der Waals surface area contributed by atoms with Crippen LogP contribution in [0, 0.1) is 0 Å². The van der Waals surface area contributed by atoms with Gasteiger partial charge < -0.3 is 10.1 Å². The van der Waals surface area contributed by atoms with Crippen molar-refractivity contribution in [2.24, 2.45) is 0 Å². The molecular weight excluding hydrogens is 114 g/mol. The SMILES string of the molecule is CNCC1=CCCOC1. The molecule has 9 heavy (non-hydrogen) atoms. The number of rotatable bonds is 2. The van der Waals surface area contributed by atoms with Gasteiger partial charge in [0.05, 0.1) is 13.2 Å². The predicted molar refractivity (Wildman–Crippen MR) is 37.4 cm³/mol. The van der Waals surface area contributed by atoms with Crippen LogP contribution in [-0.4, -0.2) is 26.8 Å². The topological polar surface area (TPSA) is 21.3 Å². The van der Waals surface area contributed by atoms with Crippen molar-refractivity contribution in [1.29, 1.82) is 0 Å². The van der Waals surface area contributed by atoms with E-state index < -0.39 is 0 Å². The Bertz CT molecular complexity index is 109. The van der Waals surface area contributed by atoms with Crippen molar-refractivity contribution in [2.45, 2.75) is 6.42 Å². The molecule has 0 unspecified atom stereocenters. The third-order valence-electron chi connectivity index (χ3n) is 1.39. The van der Waals surface area contributed by atoms with Gasteiger partial charge in [0, 0.05) is 6.54 Å². The van der Waals surface area contributed by atoms with E-state index in [-0.39, 0.29) is 0 Å². The number of hydrogen-bond acceptors (Lipinski definition) is 2. The van der Waals surface area contributed by atoms with Gasteiger partial charge in [-0.3, -0.25) is 0 Å². The van der Waals surface area contributed by atoms with Crippen LogP contribution in [0.1, 0.15) is 6.42 Å². The van der Waals surface area contributed by atoms with Gasteiger partial charge >= 0.3 is 0 Å². The lowest BCUT2D eigenvalue weighted by Gasteiger charge is -2.12. The van der Waals surface area contributed by atoms with Crippen molar-refractivity contribution in [1.82, 2.24) is 5.32 Å². The zero-order chi connectivity index (χ0) is 6.53. The van der Waals surface area contributed by atoms with E-state index in [1.54, 1.807) is 0 Å². The van der Waals surface area contributed by atoms with Gasteiger partial charge in [-0.1, -0.05) is 6.08 Å². The summed E-state index contributed by atoms with van der Waals surface area (Å²) in [6, 6.07) is 0. The van der Waals surface area contributed by atoms with Crippen molar-refractivity contribution in [3.05, 3.63) is 11.6 Å². The number of hydrogen-bond donors (Lipinski definition) is 1. The molecule has 0 aromatic rings. The summed E-state index contributed by atoms with van der Waals surface area (Å²) in [6.07, 6.45) is 3.33. The molecule has 1 rings (SSSR count). The van der Waals surface area contributed by atoms with Crippen LogP contribution in [0.5, 0.6) is 0 Å². The van der Waals surface area contributed by atoms with Crippen LogP contribution in [0.3, 0.4) is 0 Å². The highest BCUT2D eigenvalue weighted by molar-refractivity contribution is 5.06. The zero-order valence-electron chi connectivity index (χ0n) is 5.81. The minimum atomic E-state index is 0.820. The summed E-state index contributed by atoms with van der Waals surface area (Å²) in [4.78, 5) is 0. The highest BCUT2D eigenvalue weighted by Crippen LogP contribution is 2.03. The smallest absolute Gasteiger partial charge is 0.0689 e. The van der Waals surface area contributed by atoms with E-state index in [2.05, 4.69) is 11.4 Å². The maximum Gasteiger partial charge on any atom is 0.0689 e. The molecule has 0 aromatic heterocycles. The van der Waals surface area contributed by atoms with Crippen molar-refractivity contribution < 1.29 is 4.74 Å². The molecule has 2 nitrogen and oxygen atoms in total. The first-order chi connectivity index (χ1) is 4.43. The Labute approximate surface area is 55.9 Å². The van der Waals surface area contributed by atoms with Gasteiger partial charge in [0.2, 0.25) is 0 Å². The maximum absolute atomic E-state index is 5.23. The first-order valence-corrected chi connectivity index (χ1v) is 3.33. The van der Waals surface area contributed by atoms with E-state index in [9.17, 15) is 0 Å². The molecule has 0 spiro atoms. The number of likely N-dealkylation sites (N-methyl/N-ethyl adjacent to an activating group) is 1. The molecule has 2 heteroatoms. The Morgan fingerprint density at radius 2 is 2.67 bits per heavy atom. The largest absolute Gasteiger partial charge is 0.377 e. The van der Waals surface area contributed by atoms with E-state index in [0.29, 0.717) is 0 Å². The van der Waals surface area contributed by atoms with Gasteiger partial charge in [-0.05, 0) is 19.0 Å². The second-order valence-electron chi connectivity index (χ2n) is 2.23. The lowest BCUT2D eigenvalue weighted by molar-refractivity contribution is 0.149. The van der Waals surface area contributed by atoms with Crippen LogP contribution in [-0.2, 0) is 4.74 Å². The Balaban J connectivity index is 2.28. The molecule has 0 atom stereocenters. The van der Waals surface area contributed by atoms with Crippen LogP contribution in [0.25, 0.3) is 0 Å². The highest BCUT2D eigenvalue weighted by atomic mass is 16.5. The lowest BCUT2D eigenvalue weighted by Crippen LogP contribution is -2.17. The van der Waals surface area contributed by atoms with Crippen molar-refractivity contribution in [3.63, 3.8) is 0 Å². The minimum Gasteiger partial charge on any atom is -0.377 e. The molecule has 0 saturated carbocycles. The van der Waals surface area contributed by atoms with E-state index in [0.717, 1.165) is 26.2 Å². The quantitative estimate of drug-likeness (QED) is 0.547. The van der Waals surface area contributed by atoms with Crippen LogP contribution in [0.15, 0.2) is 11.6 Å². The molecule has 52 valence electrons. The molecule has 1 heterocycles. The maximum atomic E-state index is 5.23. The Morgan fingerprint density at radius 3 is 3.22 bits per heavy atom. The molecule has 1 N–H and O–H groups in total. The Hall–Kier alpha value is -0.340. The second kappa shape index (κ2) is 3.64. The van der Waals surface area contributed by atoms with Gasteiger partial charge in [-0.25, -0.2) is 0 Å². The van der Waals surface area contributed by atoms with Gasteiger partial charge in [-0.2, -0.15) is 0 Å². The molecule has 0 aliphatic carbocycles. The van der Waals surface area contributed by atoms with Crippen LogP contribution in [0.4, 0.5) is 0 Å². The molecule has 0 radical (unpaired) electrons. The summed E-state index contributed by atoms with van der Waals surface area (Å²) in [5.74, 6) is 0. The number of ether oxygens (including phenoxy) is 1. The van der Waals surface area contributed by atoms with Crippen molar-refractivity contribution in [3.8, 4) is 0 Å². The molecule has 0 aromatic carbocycles. The molecule has 1 aliphatic heterocycles. The number of nitrogens with one attached hydrogen (secondary N) is 1. The summed E-state index contributed by atoms with van der Waals surface area (Å²) in [5.41, 5.74) is 1.38. The van der Waals surface area contributed by atoms with Crippen LogP contribution < -0.4 is 5.32 Å². The normalized spacial score (nSPS) is 19.4.